The molecule has 1 atom stereocenters. The highest BCUT2D eigenvalue weighted by atomic mass is 16.4. The van der Waals surface area contributed by atoms with Gasteiger partial charge in [-0.2, -0.15) is 0 Å². The fraction of sp³-hybridized carbons (Fsp3) is 0.588. The average molecular weight is 275 g/mol. The van der Waals surface area contributed by atoms with Crippen LogP contribution in [0.5, 0.6) is 0 Å². The molecule has 1 aromatic rings. The third-order valence-corrected chi connectivity index (χ3v) is 4.24. The molecule has 0 aromatic heterocycles. The van der Waals surface area contributed by atoms with Crippen LogP contribution in [0.15, 0.2) is 24.3 Å². The van der Waals surface area contributed by atoms with E-state index in [1.807, 2.05) is 12.1 Å². The Labute approximate surface area is 121 Å². The molecule has 1 aromatic carbocycles. The molecule has 0 radical (unpaired) electrons. The highest BCUT2D eigenvalue weighted by Gasteiger charge is 2.16. The zero-order chi connectivity index (χ0) is 14.4. The van der Waals surface area contributed by atoms with Crippen molar-refractivity contribution in [2.75, 3.05) is 0 Å². The molecular formula is C17H25NO2. The van der Waals surface area contributed by atoms with E-state index in [0.29, 0.717) is 11.6 Å². The van der Waals surface area contributed by atoms with Gasteiger partial charge in [-0.25, -0.2) is 4.79 Å². The number of carboxylic acids is 1. The molecule has 1 fully saturated rings. The van der Waals surface area contributed by atoms with Crippen molar-refractivity contribution in [1.82, 2.24) is 5.32 Å². The Morgan fingerprint density at radius 2 is 2.10 bits per heavy atom. The Kier molecular flexibility index (Phi) is 5.60. The number of carboxylic acid groups (broad SMARTS) is 1. The lowest BCUT2D eigenvalue weighted by Gasteiger charge is -2.25. The van der Waals surface area contributed by atoms with Gasteiger partial charge in [0.05, 0.1) is 5.56 Å². The molecule has 0 aliphatic heterocycles. The zero-order valence-electron chi connectivity index (χ0n) is 12.3. The molecule has 0 unspecified atom stereocenters. The lowest BCUT2D eigenvalue weighted by atomic mass is 9.85. The van der Waals surface area contributed by atoms with Crippen LogP contribution in [-0.4, -0.2) is 17.1 Å². The fourth-order valence-corrected chi connectivity index (χ4v) is 3.11. The number of nitrogens with one attached hydrogen (secondary N) is 1. The smallest absolute Gasteiger partial charge is 0.335 e. The summed E-state index contributed by atoms with van der Waals surface area (Å²) in [6, 6.07) is 7.67. The summed E-state index contributed by atoms with van der Waals surface area (Å²) in [5.74, 6) is 0.0127. The molecule has 110 valence electrons. The predicted octanol–water partition coefficient (Wildman–Crippen LogP) is 3.83. The number of hydrogen-bond acceptors (Lipinski definition) is 2. The van der Waals surface area contributed by atoms with Gasteiger partial charge in [-0.3, -0.25) is 0 Å². The van der Waals surface area contributed by atoms with Crippen molar-refractivity contribution >= 4 is 5.97 Å². The molecule has 0 heterocycles. The van der Waals surface area contributed by atoms with Gasteiger partial charge in [0.25, 0.3) is 0 Å². The first-order chi connectivity index (χ1) is 9.65. The van der Waals surface area contributed by atoms with Crippen LogP contribution >= 0.6 is 0 Å². The summed E-state index contributed by atoms with van der Waals surface area (Å²) in [7, 11) is 0. The highest BCUT2D eigenvalue weighted by molar-refractivity contribution is 5.87. The van der Waals surface area contributed by atoms with Crippen molar-refractivity contribution in [2.24, 2.45) is 5.92 Å². The van der Waals surface area contributed by atoms with Crippen LogP contribution < -0.4 is 5.32 Å². The third kappa shape index (κ3) is 4.64. The number of hydrogen-bond donors (Lipinski definition) is 2. The van der Waals surface area contributed by atoms with E-state index in [-0.39, 0.29) is 0 Å². The monoisotopic (exact) mass is 275 g/mol. The van der Waals surface area contributed by atoms with Gasteiger partial charge < -0.3 is 10.4 Å². The summed E-state index contributed by atoms with van der Waals surface area (Å²) in [6.07, 6.45) is 8.16. The van der Waals surface area contributed by atoms with Crippen molar-refractivity contribution in [2.45, 2.75) is 58.0 Å². The number of carbonyl (C=O) groups is 1. The molecule has 0 bridgehead atoms. The van der Waals surface area contributed by atoms with Crippen molar-refractivity contribution in [1.29, 1.82) is 0 Å². The third-order valence-electron chi connectivity index (χ3n) is 4.24. The quantitative estimate of drug-likeness (QED) is 0.829. The van der Waals surface area contributed by atoms with Gasteiger partial charge in [-0.15, -0.1) is 0 Å². The second-order valence-corrected chi connectivity index (χ2v) is 6.03. The van der Waals surface area contributed by atoms with Crippen LogP contribution in [0.25, 0.3) is 0 Å². The van der Waals surface area contributed by atoms with E-state index in [0.717, 1.165) is 18.0 Å². The average Bonchev–Trinajstić information content (AvgIpc) is 2.46. The molecule has 0 amide bonds. The molecular weight excluding hydrogens is 250 g/mol. The zero-order valence-corrected chi connectivity index (χ0v) is 12.3. The van der Waals surface area contributed by atoms with Crippen molar-refractivity contribution < 1.29 is 9.90 Å². The minimum absolute atomic E-state index is 0.365. The Morgan fingerprint density at radius 3 is 2.80 bits per heavy atom. The lowest BCUT2D eigenvalue weighted by molar-refractivity contribution is 0.0696. The number of rotatable bonds is 6. The minimum Gasteiger partial charge on any atom is -0.478 e. The van der Waals surface area contributed by atoms with E-state index in [1.54, 1.807) is 12.1 Å². The van der Waals surface area contributed by atoms with Gasteiger partial charge in [0.2, 0.25) is 0 Å². The van der Waals surface area contributed by atoms with Gasteiger partial charge in [-0.1, -0.05) is 44.2 Å². The number of benzene rings is 1. The van der Waals surface area contributed by atoms with Crippen LogP contribution in [0.4, 0.5) is 0 Å². The molecule has 0 saturated heterocycles. The molecule has 1 saturated carbocycles. The topological polar surface area (TPSA) is 49.3 Å². The van der Waals surface area contributed by atoms with E-state index < -0.39 is 5.97 Å². The molecule has 1 aliphatic rings. The first-order valence-corrected chi connectivity index (χ1v) is 7.71. The number of aromatic carboxylic acids is 1. The Bertz CT molecular complexity index is 438. The highest BCUT2D eigenvalue weighted by Crippen LogP contribution is 2.27. The Hall–Kier alpha value is -1.35. The van der Waals surface area contributed by atoms with E-state index in [2.05, 4.69) is 12.2 Å². The van der Waals surface area contributed by atoms with Crippen LogP contribution in [0.3, 0.4) is 0 Å². The first-order valence-electron chi connectivity index (χ1n) is 7.71. The van der Waals surface area contributed by atoms with Crippen LogP contribution in [-0.2, 0) is 6.54 Å². The molecule has 20 heavy (non-hydrogen) atoms. The second kappa shape index (κ2) is 7.44. The van der Waals surface area contributed by atoms with E-state index in [9.17, 15) is 4.79 Å². The summed E-state index contributed by atoms with van der Waals surface area (Å²) >= 11 is 0. The van der Waals surface area contributed by atoms with Crippen LogP contribution in [0.1, 0.15) is 61.4 Å². The standard InChI is InChI=1S/C17H25NO2/c1-13(10-14-6-3-2-4-7-14)18-12-15-8-5-9-16(11-15)17(19)20/h5,8-9,11,13-14,18H,2-4,6-7,10,12H2,1H3,(H,19,20)/t13-/m0/s1. The van der Waals surface area contributed by atoms with Gasteiger partial charge in [-0.05, 0) is 37.0 Å². The van der Waals surface area contributed by atoms with Crippen LogP contribution in [0, 0.1) is 5.92 Å². The molecule has 2 rings (SSSR count). The molecule has 3 nitrogen and oxygen atoms in total. The Morgan fingerprint density at radius 1 is 1.35 bits per heavy atom. The second-order valence-electron chi connectivity index (χ2n) is 6.03. The van der Waals surface area contributed by atoms with Crippen molar-refractivity contribution in [3.63, 3.8) is 0 Å². The minimum atomic E-state index is -0.859. The molecule has 1 aliphatic carbocycles. The van der Waals surface area contributed by atoms with E-state index >= 15 is 0 Å². The fourth-order valence-electron chi connectivity index (χ4n) is 3.11. The first kappa shape index (κ1) is 15.0. The summed E-state index contributed by atoms with van der Waals surface area (Å²) in [5.41, 5.74) is 1.41. The maximum atomic E-state index is 10.9. The van der Waals surface area contributed by atoms with Gasteiger partial charge >= 0.3 is 5.97 Å². The van der Waals surface area contributed by atoms with E-state index in [4.69, 9.17) is 5.11 Å². The summed E-state index contributed by atoms with van der Waals surface area (Å²) in [6.45, 7) is 2.98. The summed E-state index contributed by atoms with van der Waals surface area (Å²) in [4.78, 5) is 10.9. The maximum Gasteiger partial charge on any atom is 0.335 e. The Balaban J connectivity index is 1.78. The van der Waals surface area contributed by atoms with Gasteiger partial charge in [0.15, 0.2) is 0 Å². The van der Waals surface area contributed by atoms with Crippen LogP contribution in [0.2, 0.25) is 0 Å². The lowest BCUT2D eigenvalue weighted by Crippen LogP contribution is -2.28. The van der Waals surface area contributed by atoms with E-state index in [1.165, 1.54) is 38.5 Å². The molecule has 2 N–H and O–H groups in total. The maximum absolute atomic E-state index is 10.9. The molecule has 3 heteroatoms. The summed E-state index contributed by atoms with van der Waals surface area (Å²) in [5, 5.41) is 12.5. The normalized spacial score (nSPS) is 17.9. The predicted molar refractivity (Wildman–Crippen MR) is 80.9 cm³/mol. The van der Waals surface area contributed by atoms with Gasteiger partial charge in [0, 0.05) is 12.6 Å². The molecule has 0 spiro atoms. The largest absolute Gasteiger partial charge is 0.478 e. The van der Waals surface area contributed by atoms with Crippen molar-refractivity contribution in [3.8, 4) is 0 Å². The van der Waals surface area contributed by atoms with Crippen molar-refractivity contribution in [3.05, 3.63) is 35.4 Å². The summed E-state index contributed by atoms with van der Waals surface area (Å²) < 4.78 is 0. The van der Waals surface area contributed by atoms with Gasteiger partial charge in [0.1, 0.15) is 0 Å². The SMILES string of the molecule is C[C@@H](CC1CCCCC1)NCc1cccc(C(=O)O)c1.